The highest BCUT2D eigenvalue weighted by molar-refractivity contribution is 7.71. The van der Waals surface area contributed by atoms with Crippen LogP contribution in [0.4, 0.5) is 0 Å². The van der Waals surface area contributed by atoms with Gasteiger partial charge in [0.1, 0.15) is 0 Å². The smallest absolute Gasteiger partial charge is 0.269 e. The SMILES string of the molecule is COc1cnc(-n2c(=S)[nH]c3cc(C(=O)NCc4cccc(Cl)c4)c(Cl)cc3c2=O)nc1OC. The van der Waals surface area contributed by atoms with Crippen molar-refractivity contribution in [2.24, 2.45) is 0 Å². The first kappa shape index (κ1) is 23.7. The van der Waals surface area contributed by atoms with Crippen molar-refractivity contribution in [1.29, 1.82) is 0 Å². The molecule has 174 valence electrons. The Kier molecular flexibility index (Phi) is 6.82. The minimum atomic E-state index is -0.515. The molecule has 34 heavy (non-hydrogen) atoms. The summed E-state index contributed by atoms with van der Waals surface area (Å²) >= 11 is 17.7. The maximum atomic E-state index is 13.2. The van der Waals surface area contributed by atoms with Crippen molar-refractivity contribution >= 4 is 52.2 Å². The second kappa shape index (κ2) is 9.80. The molecule has 12 heteroatoms. The van der Waals surface area contributed by atoms with Gasteiger partial charge in [0.2, 0.25) is 5.95 Å². The first-order valence-corrected chi connectivity index (χ1v) is 11.0. The van der Waals surface area contributed by atoms with E-state index in [1.165, 1.54) is 32.5 Å². The Hall–Kier alpha value is -3.47. The molecular formula is C22H17Cl2N5O4S. The van der Waals surface area contributed by atoms with Crippen LogP contribution in [0.2, 0.25) is 10.0 Å². The Bertz CT molecular complexity index is 1540. The van der Waals surface area contributed by atoms with E-state index in [4.69, 9.17) is 44.9 Å². The Morgan fingerprint density at radius 2 is 2.00 bits per heavy atom. The van der Waals surface area contributed by atoms with Gasteiger partial charge in [-0.25, -0.2) is 9.55 Å². The second-order valence-corrected chi connectivity index (χ2v) is 8.24. The zero-order valence-electron chi connectivity index (χ0n) is 17.9. The highest BCUT2D eigenvalue weighted by Gasteiger charge is 2.17. The number of halogens is 2. The zero-order chi connectivity index (χ0) is 24.4. The number of carbonyl (C=O) groups is 1. The Balaban J connectivity index is 1.72. The monoisotopic (exact) mass is 517 g/mol. The number of amides is 1. The Labute approximate surface area is 208 Å². The first-order chi connectivity index (χ1) is 16.3. The highest BCUT2D eigenvalue weighted by atomic mass is 35.5. The average Bonchev–Trinajstić information content (AvgIpc) is 2.82. The van der Waals surface area contributed by atoms with Crippen molar-refractivity contribution in [2.75, 3.05) is 14.2 Å². The van der Waals surface area contributed by atoms with Gasteiger partial charge < -0.3 is 19.8 Å². The number of hydrogen-bond donors (Lipinski definition) is 2. The van der Waals surface area contributed by atoms with Crippen LogP contribution in [0.25, 0.3) is 16.9 Å². The lowest BCUT2D eigenvalue weighted by Gasteiger charge is -2.11. The van der Waals surface area contributed by atoms with E-state index >= 15 is 0 Å². The number of nitrogens with zero attached hydrogens (tertiary/aromatic N) is 3. The summed E-state index contributed by atoms with van der Waals surface area (Å²) in [6.07, 6.45) is 1.37. The van der Waals surface area contributed by atoms with Gasteiger partial charge in [-0.1, -0.05) is 35.3 Å². The lowest BCUT2D eigenvalue weighted by molar-refractivity contribution is 0.0951. The number of H-pyrrole nitrogens is 1. The summed E-state index contributed by atoms with van der Waals surface area (Å²) in [7, 11) is 2.86. The number of carbonyl (C=O) groups excluding carboxylic acids is 1. The van der Waals surface area contributed by atoms with Crippen molar-refractivity contribution in [3.63, 3.8) is 0 Å². The van der Waals surface area contributed by atoms with Crippen molar-refractivity contribution in [3.8, 4) is 17.6 Å². The molecule has 2 heterocycles. The van der Waals surface area contributed by atoms with Crippen LogP contribution in [0, 0.1) is 4.77 Å². The lowest BCUT2D eigenvalue weighted by atomic mass is 10.1. The van der Waals surface area contributed by atoms with Crippen LogP contribution in [-0.4, -0.2) is 39.6 Å². The third-order valence-corrected chi connectivity index (χ3v) is 5.73. The summed E-state index contributed by atoms with van der Waals surface area (Å²) in [5.41, 5.74) is 0.833. The predicted molar refractivity (Wildman–Crippen MR) is 131 cm³/mol. The average molecular weight is 518 g/mol. The largest absolute Gasteiger partial charge is 0.490 e. The standard InChI is InChI=1S/C22H17Cl2N5O4S/c1-32-17-10-26-21(28-19(17)33-2)29-20(31)14-7-15(24)13(8-16(14)27-22(29)34)18(30)25-9-11-4-3-5-12(23)6-11/h3-8,10H,9H2,1-2H3,(H,25,30)(H,27,34). The van der Waals surface area contributed by atoms with Crippen LogP contribution >= 0.6 is 35.4 Å². The van der Waals surface area contributed by atoms with E-state index in [0.717, 1.165) is 10.1 Å². The lowest BCUT2D eigenvalue weighted by Crippen LogP contribution is -2.25. The fourth-order valence-electron chi connectivity index (χ4n) is 3.26. The van der Waals surface area contributed by atoms with E-state index in [0.29, 0.717) is 16.3 Å². The summed E-state index contributed by atoms with van der Waals surface area (Å²) in [6, 6.07) is 10.00. The Morgan fingerprint density at radius 1 is 1.21 bits per heavy atom. The molecule has 2 N–H and O–H groups in total. The summed E-state index contributed by atoms with van der Waals surface area (Å²) < 4.78 is 11.4. The number of fused-ring (bicyclic) bond motifs is 1. The number of benzene rings is 2. The molecule has 0 bridgehead atoms. The zero-order valence-corrected chi connectivity index (χ0v) is 20.2. The molecule has 0 aliphatic rings. The van der Waals surface area contributed by atoms with Gasteiger partial charge in [-0.3, -0.25) is 9.59 Å². The topological polar surface area (TPSA) is 111 Å². The molecule has 0 fully saturated rings. The molecule has 0 aliphatic heterocycles. The molecule has 0 unspecified atom stereocenters. The van der Waals surface area contributed by atoms with E-state index in [1.54, 1.807) is 18.2 Å². The van der Waals surface area contributed by atoms with Crippen molar-refractivity contribution in [3.05, 3.63) is 78.9 Å². The van der Waals surface area contributed by atoms with Crippen LogP contribution in [0.3, 0.4) is 0 Å². The highest BCUT2D eigenvalue weighted by Crippen LogP contribution is 2.24. The van der Waals surface area contributed by atoms with E-state index in [9.17, 15) is 9.59 Å². The minimum absolute atomic E-state index is 0.00901. The van der Waals surface area contributed by atoms with Gasteiger partial charge in [0.05, 0.1) is 41.9 Å². The molecule has 4 rings (SSSR count). The first-order valence-electron chi connectivity index (χ1n) is 9.79. The second-order valence-electron chi connectivity index (χ2n) is 7.01. The van der Waals surface area contributed by atoms with Gasteiger partial charge in [-0.05, 0) is 42.0 Å². The molecule has 9 nitrogen and oxygen atoms in total. The quantitative estimate of drug-likeness (QED) is 0.370. The number of hydrogen-bond acceptors (Lipinski definition) is 7. The fraction of sp³-hybridized carbons (Fsp3) is 0.136. The van der Waals surface area contributed by atoms with Gasteiger partial charge in [0.15, 0.2) is 10.5 Å². The number of rotatable bonds is 6. The number of aromatic nitrogens is 4. The summed E-state index contributed by atoms with van der Waals surface area (Å²) in [5.74, 6) is 0.00831. The van der Waals surface area contributed by atoms with Crippen LogP contribution in [0.5, 0.6) is 11.6 Å². The van der Waals surface area contributed by atoms with E-state index in [-0.39, 0.29) is 39.1 Å². The molecule has 0 spiro atoms. The summed E-state index contributed by atoms with van der Waals surface area (Å²) in [6.45, 7) is 0.252. The minimum Gasteiger partial charge on any atom is -0.490 e. The predicted octanol–water partition coefficient (Wildman–Crippen LogP) is 4.09. The molecule has 0 saturated heterocycles. The molecule has 4 aromatic rings. The normalized spacial score (nSPS) is 10.8. The molecule has 0 atom stereocenters. The van der Waals surface area contributed by atoms with E-state index in [1.807, 2.05) is 6.07 Å². The van der Waals surface area contributed by atoms with Gasteiger partial charge in [-0.2, -0.15) is 4.98 Å². The van der Waals surface area contributed by atoms with Crippen molar-refractivity contribution in [1.82, 2.24) is 24.8 Å². The van der Waals surface area contributed by atoms with Crippen LogP contribution in [0.1, 0.15) is 15.9 Å². The summed E-state index contributed by atoms with van der Waals surface area (Å²) in [5, 5.41) is 3.65. The van der Waals surface area contributed by atoms with Crippen LogP contribution in [0.15, 0.2) is 47.4 Å². The number of nitrogens with one attached hydrogen (secondary N) is 2. The molecule has 2 aromatic carbocycles. The number of ether oxygens (including phenoxy) is 2. The Morgan fingerprint density at radius 3 is 2.71 bits per heavy atom. The third-order valence-electron chi connectivity index (χ3n) is 4.89. The third kappa shape index (κ3) is 4.60. The number of aromatic amines is 1. The molecule has 0 saturated carbocycles. The van der Waals surface area contributed by atoms with Gasteiger partial charge in [0, 0.05) is 11.6 Å². The van der Waals surface area contributed by atoms with E-state index in [2.05, 4.69) is 20.3 Å². The van der Waals surface area contributed by atoms with Crippen LogP contribution < -0.4 is 20.3 Å². The van der Waals surface area contributed by atoms with Crippen LogP contribution in [-0.2, 0) is 6.54 Å². The van der Waals surface area contributed by atoms with Crippen molar-refractivity contribution in [2.45, 2.75) is 6.54 Å². The number of methoxy groups -OCH3 is 2. The van der Waals surface area contributed by atoms with Gasteiger partial charge in [-0.15, -0.1) is 0 Å². The van der Waals surface area contributed by atoms with Gasteiger partial charge >= 0.3 is 0 Å². The maximum Gasteiger partial charge on any atom is 0.269 e. The van der Waals surface area contributed by atoms with Gasteiger partial charge in [0.25, 0.3) is 17.3 Å². The fourth-order valence-corrected chi connectivity index (χ4v) is 3.99. The van der Waals surface area contributed by atoms with E-state index < -0.39 is 11.5 Å². The maximum absolute atomic E-state index is 13.2. The van der Waals surface area contributed by atoms with Crippen molar-refractivity contribution < 1.29 is 14.3 Å². The molecule has 2 aromatic heterocycles. The molecule has 0 radical (unpaired) electrons. The molecule has 1 amide bonds. The molecule has 0 aliphatic carbocycles. The molecular weight excluding hydrogens is 501 g/mol. The summed E-state index contributed by atoms with van der Waals surface area (Å²) in [4.78, 5) is 37.3.